The van der Waals surface area contributed by atoms with Gasteiger partial charge < -0.3 is 9.64 Å². The van der Waals surface area contributed by atoms with E-state index < -0.39 is 22.3 Å². The molecule has 0 radical (unpaired) electrons. The molecular formula is C13H14FN3O4. The SMILES string of the molecule is COCCN(CCC#N)C(=O)c1ccc([N+](=O)[O-])c(F)c1. The highest BCUT2D eigenvalue weighted by Crippen LogP contribution is 2.19. The molecule has 0 bridgehead atoms. The minimum atomic E-state index is -1.07. The largest absolute Gasteiger partial charge is 0.383 e. The van der Waals surface area contributed by atoms with Crippen LogP contribution < -0.4 is 0 Å². The second-order valence-corrected chi connectivity index (χ2v) is 4.12. The van der Waals surface area contributed by atoms with Crippen LogP contribution in [0.25, 0.3) is 0 Å². The van der Waals surface area contributed by atoms with Gasteiger partial charge in [0.05, 0.1) is 24.0 Å². The van der Waals surface area contributed by atoms with Gasteiger partial charge in [0.25, 0.3) is 5.91 Å². The van der Waals surface area contributed by atoms with E-state index in [0.29, 0.717) is 0 Å². The third kappa shape index (κ3) is 4.50. The summed E-state index contributed by atoms with van der Waals surface area (Å²) in [6.07, 6.45) is 0.130. The maximum atomic E-state index is 13.5. The van der Waals surface area contributed by atoms with E-state index in [-0.39, 0.29) is 31.7 Å². The molecule has 0 saturated heterocycles. The minimum Gasteiger partial charge on any atom is -0.383 e. The highest BCUT2D eigenvalue weighted by molar-refractivity contribution is 5.94. The van der Waals surface area contributed by atoms with Crippen LogP contribution in [0.3, 0.4) is 0 Å². The van der Waals surface area contributed by atoms with Crippen molar-refractivity contribution in [2.75, 3.05) is 26.8 Å². The zero-order chi connectivity index (χ0) is 15.8. The van der Waals surface area contributed by atoms with Gasteiger partial charge in [-0.25, -0.2) is 0 Å². The predicted molar refractivity (Wildman–Crippen MR) is 71.1 cm³/mol. The summed E-state index contributed by atoms with van der Waals surface area (Å²) in [6, 6.07) is 4.88. The van der Waals surface area contributed by atoms with E-state index in [1.807, 2.05) is 6.07 Å². The number of nitriles is 1. The molecule has 21 heavy (non-hydrogen) atoms. The summed E-state index contributed by atoms with van der Waals surface area (Å²) in [5, 5.41) is 19.1. The van der Waals surface area contributed by atoms with Crippen LogP contribution in [0.2, 0.25) is 0 Å². The summed E-state index contributed by atoms with van der Waals surface area (Å²) in [7, 11) is 1.47. The van der Waals surface area contributed by atoms with Gasteiger partial charge in [0.2, 0.25) is 5.82 Å². The molecule has 1 rings (SSSR count). The number of nitro benzene ring substituents is 1. The summed E-state index contributed by atoms with van der Waals surface area (Å²) in [4.78, 5) is 23.2. The highest BCUT2D eigenvalue weighted by Gasteiger charge is 2.20. The molecule has 0 spiro atoms. The first-order valence-corrected chi connectivity index (χ1v) is 6.10. The zero-order valence-electron chi connectivity index (χ0n) is 11.4. The molecule has 0 aliphatic heterocycles. The Kier molecular flexibility index (Phi) is 6.23. The molecular weight excluding hydrogens is 281 g/mol. The van der Waals surface area contributed by atoms with E-state index in [0.717, 1.165) is 12.1 Å². The number of benzene rings is 1. The van der Waals surface area contributed by atoms with Crippen molar-refractivity contribution in [1.29, 1.82) is 5.26 Å². The molecule has 0 fully saturated rings. The first-order valence-electron chi connectivity index (χ1n) is 6.10. The van der Waals surface area contributed by atoms with Crippen molar-refractivity contribution in [1.82, 2.24) is 4.90 Å². The number of nitrogens with zero attached hydrogens (tertiary/aromatic N) is 3. The second-order valence-electron chi connectivity index (χ2n) is 4.12. The molecule has 8 heteroatoms. The topological polar surface area (TPSA) is 96.5 Å². The Morgan fingerprint density at radius 3 is 2.76 bits per heavy atom. The number of carbonyl (C=O) groups excluding carboxylic acids is 1. The molecule has 1 aromatic carbocycles. The average molecular weight is 295 g/mol. The summed E-state index contributed by atoms with van der Waals surface area (Å²) < 4.78 is 18.4. The number of amides is 1. The van der Waals surface area contributed by atoms with Crippen molar-refractivity contribution in [2.45, 2.75) is 6.42 Å². The number of methoxy groups -OCH3 is 1. The molecule has 1 amide bonds. The Bertz CT molecular complexity index is 571. The molecule has 112 valence electrons. The standard InChI is InChI=1S/C13H14FN3O4/c1-21-8-7-16(6-2-5-15)13(18)10-3-4-12(17(19)20)11(14)9-10/h3-4,9H,2,6-8H2,1H3. The number of nitro groups is 1. The maximum Gasteiger partial charge on any atom is 0.304 e. The van der Waals surface area contributed by atoms with Gasteiger partial charge in [0.15, 0.2) is 0 Å². The summed E-state index contributed by atoms with van der Waals surface area (Å²) >= 11 is 0. The van der Waals surface area contributed by atoms with Gasteiger partial charge >= 0.3 is 5.69 Å². The predicted octanol–water partition coefficient (Wildman–Crippen LogP) is 1.74. The van der Waals surface area contributed by atoms with Crippen molar-refractivity contribution < 1.29 is 18.8 Å². The number of carbonyl (C=O) groups is 1. The van der Waals surface area contributed by atoms with Crippen LogP contribution in [0.15, 0.2) is 18.2 Å². The van der Waals surface area contributed by atoms with Crippen molar-refractivity contribution in [2.24, 2.45) is 0 Å². The van der Waals surface area contributed by atoms with Gasteiger partial charge in [0.1, 0.15) is 0 Å². The molecule has 0 aromatic heterocycles. The number of hydrogen-bond acceptors (Lipinski definition) is 5. The number of halogens is 1. The summed E-state index contributed by atoms with van der Waals surface area (Å²) in [5.74, 6) is -1.58. The number of hydrogen-bond donors (Lipinski definition) is 0. The Labute approximate surface area is 120 Å². The Morgan fingerprint density at radius 2 is 2.24 bits per heavy atom. The van der Waals surface area contributed by atoms with E-state index in [4.69, 9.17) is 10.00 Å². The van der Waals surface area contributed by atoms with Crippen LogP contribution in [0.5, 0.6) is 0 Å². The first kappa shape index (κ1) is 16.5. The number of rotatable bonds is 7. The molecule has 0 unspecified atom stereocenters. The first-order chi connectivity index (χ1) is 10.0. The average Bonchev–Trinajstić information content (AvgIpc) is 2.46. The minimum absolute atomic E-state index is 0.00728. The molecule has 0 atom stereocenters. The Hall–Kier alpha value is -2.53. The molecule has 0 saturated carbocycles. The van der Waals surface area contributed by atoms with Gasteiger partial charge in [-0.2, -0.15) is 9.65 Å². The molecule has 0 aliphatic rings. The van der Waals surface area contributed by atoms with Crippen molar-refractivity contribution in [3.8, 4) is 6.07 Å². The monoisotopic (exact) mass is 295 g/mol. The van der Waals surface area contributed by atoms with Crippen LogP contribution in [0.1, 0.15) is 16.8 Å². The van der Waals surface area contributed by atoms with Gasteiger partial charge in [-0.15, -0.1) is 0 Å². The molecule has 0 heterocycles. The van der Waals surface area contributed by atoms with E-state index in [1.165, 1.54) is 18.1 Å². The lowest BCUT2D eigenvalue weighted by atomic mass is 10.1. The van der Waals surface area contributed by atoms with Gasteiger partial charge in [-0.05, 0) is 12.1 Å². The maximum absolute atomic E-state index is 13.5. The van der Waals surface area contributed by atoms with Crippen molar-refractivity contribution in [3.63, 3.8) is 0 Å². The van der Waals surface area contributed by atoms with Crippen LogP contribution in [0, 0.1) is 27.3 Å². The lowest BCUT2D eigenvalue weighted by molar-refractivity contribution is -0.387. The smallest absolute Gasteiger partial charge is 0.304 e. The van der Waals surface area contributed by atoms with E-state index in [9.17, 15) is 19.3 Å². The third-order valence-corrected chi connectivity index (χ3v) is 2.74. The lowest BCUT2D eigenvalue weighted by Gasteiger charge is -2.21. The number of ether oxygens (including phenoxy) is 1. The molecule has 0 N–H and O–H groups in total. The van der Waals surface area contributed by atoms with Gasteiger partial charge in [0, 0.05) is 31.8 Å². The highest BCUT2D eigenvalue weighted by atomic mass is 19.1. The Morgan fingerprint density at radius 1 is 1.52 bits per heavy atom. The van der Waals surface area contributed by atoms with Crippen LogP contribution in [-0.4, -0.2) is 42.5 Å². The van der Waals surface area contributed by atoms with Gasteiger partial charge in [-0.1, -0.05) is 0 Å². The fourth-order valence-corrected chi connectivity index (χ4v) is 1.67. The second kappa shape index (κ2) is 7.91. The third-order valence-electron chi connectivity index (χ3n) is 2.74. The molecule has 0 aliphatic carbocycles. The van der Waals surface area contributed by atoms with Gasteiger partial charge in [-0.3, -0.25) is 14.9 Å². The normalized spacial score (nSPS) is 9.95. The van der Waals surface area contributed by atoms with Crippen molar-refractivity contribution in [3.05, 3.63) is 39.7 Å². The fourth-order valence-electron chi connectivity index (χ4n) is 1.67. The zero-order valence-corrected chi connectivity index (χ0v) is 11.4. The fraction of sp³-hybridized carbons (Fsp3) is 0.385. The quantitative estimate of drug-likeness (QED) is 0.563. The molecule has 1 aromatic rings. The van der Waals surface area contributed by atoms with E-state index >= 15 is 0 Å². The lowest BCUT2D eigenvalue weighted by Crippen LogP contribution is -2.34. The summed E-state index contributed by atoms with van der Waals surface area (Å²) in [5.41, 5.74) is -0.695. The van der Waals surface area contributed by atoms with Crippen LogP contribution in [0.4, 0.5) is 10.1 Å². The van der Waals surface area contributed by atoms with E-state index in [2.05, 4.69) is 0 Å². The summed E-state index contributed by atoms with van der Waals surface area (Å²) in [6.45, 7) is 0.694. The van der Waals surface area contributed by atoms with E-state index in [1.54, 1.807) is 0 Å². The molecule has 7 nitrogen and oxygen atoms in total. The van der Waals surface area contributed by atoms with Crippen LogP contribution in [-0.2, 0) is 4.74 Å². The van der Waals surface area contributed by atoms with Crippen molar-refractivity contribution >= 4 is 11.6 Å². The van der Waals surface area contributed by atoms with Crippen LogP contribution >= 0.6 is 0 Å². The Balaban J connectivity index is 2.94.